The molecule has 0 aliphatic heterocycles. The number of carbonyl (C=O) groups excluding carboxylic acids is 2. The zero-order chi connectivity index (χ0) is 17.6. The standard InChI is InChI=1S/C21H14O4/c22-18-12-6-1-2-7-13(12)19(23)16(18)10-5-11-17-20(24)14-8-3-4-9-15(14)21(17)25/h1-11,18,22,24H/b11-5+,16-10+. The number of aliphatic hydroxyl groups is 2. The summed E-state index contributed by atoms with van der Waals surface area (Å²) in [4.78, 5) is 24.7. The van der Waals surface area contributed by atoms with Crippen molar-refractivity contribution in [2.45, 2.75) is 6.10 Å². The van der Waals surface area contributed by atoms with Gasteiger partial charge in [-0.25, -0.2) is 0 Å². The number of fused-ring (bicyclic) bond motifs is 2. The summed E-state index contributed by atoms with van der Waals surface area (Å²) >= 11 is 0. The van der Waals surface area contributed by atoms with Crippen molar-refractivity contribution in [1.82, 2.24) is 0 Å². The van der Waals surface area contributed by atoms with Gasteiger partial charge in [-0.05, 0) is 11.6 Å². The Morgan fingerprint density at radius 3 is 2.16 bits per heavy atom. The van der Waals surface area contributed by atoms with Crippen LogP contribution in [0.4, 0.5) is 0 Å². The Kier molecular flexibility index (Phi) is 3.48. The largest absolute Gasteiger partial charge is 0.507 e. The van der Waals surface area contributed by atoms with E-state index in [2.05, 4.69) is 0 Å². The van der Waals surface area contributed by atoms with E-state index in [-0.39, 0.29) is 28.5 Å². The maximum atomic E-state index is 12.4. The highest BCUT2D eigenvalue weighted by Gasteiger charge is 2.32. The first kappa shape index (κ1) is 15.3. The maximum Gasteiger partial charge on any atom is 0.197 e. The average molecular weight is 330 g/mol. The van der Waals surface area contributed by atoms with Gasteiger partial charge in [0.25, 0.3) is 0 Å². The first-order valence-corrected chi connectivity index (χ1v) is 7.87. The maximum absolute atomic E-state index is 12.4. The van der Waals surface area contributed by atoms with Gasteiger partial charge < -0.3 is 10.2 Å². The lowest BCUT2D eigenvalue weighted by molar-refractivity contribution is 0.101. The summed E-state index contributed by atoms with van der Waals surface area (Å²) in [5.41, 5.74) is 2.46. The highest BCUT2D eigenvalue weighted by Crippen LogP contribution is 2.35. The molecular formula is C21H14O4. The van der Waals surface area contributed by atoms with Crippen molar-refractivity contribution >= 4 is 17.3 Å². The van der Waals surface area contributed by atoms with E-state index in [1.165, 1.54) is 18.2 Å². The minimum atomic E-state index is -0.979. The summed E-state index contributed by atoms with van der Waals surface area (Å²) in [6.45, 7) is 0. The highest BCUT2D eigenvalue weighted by molar-refractivity contribution is 6.21. The number of allylic oxidation sites excluding steroid dienone is 4. The molecule has 2 N–H and O–H groups in total. The normalized spacial score (nSPS) is 20.7. The first-order valence-electron chi connectivity index (χ1n) is 7.87. The Bertz CT molecular complexity index is 1010. The van der Waals surface area contributed by atoms with Crippen molar-refractivity contribution in [1.29, 1.82) is 0 Å². The molecule has 2 aliphatic rings. The highest BCUT2D eigenvalue weighted by atomic mass is 16.3. The lowest BCUT2D eigenvalue weighted by Crippen LogP contribution is -1.99. The number of carbonyl (C=O) groups is 2. The third-order valence-corrected chi connectivity index (χ3v) is 4.52. The molecule has 4 nitrogen and oxygen atoms in total. The number of aliphatic hydroxyl groups excluding tert-OH is 2. The molecule has 4 rings (SSSR count). The van der Waals surface area contributed by atoms with Crippen molar-refractivity contribution in [2.75, 3.05) is 0 Å². The van der Waals surface area contributed by atoms with Gasteiger partial charge >= 0.3 is 0 Å². The van der Waals surface area contributed by atoms with Crippen LogP contribution in [0.1, 0.15) is 37.9 Å². The molecule has 0 bridgehead atoms. The van der Waals surface area contributed by atoms with Gasteiger partial charge in [0.05, 0.1) is 5.57 Å². The molecule has 122 valence electrons. The Morgan fingerprint density at radius 1 is 0.840 bits per heavy atom. The SMILES string of the molecule is O=C1C(/C=C/C=C2/C(=O)c3ccccc3C2O)=C(O)c2ccccc21. The van der Waals surface area contributed by atoms with Gasteiger partial charge in [-0.15, -0.1) is 0 Å². The molecule has 1 atom stereocenters. The molecule has 2 aliphatic carbocycles. The monoisotopic (exact) mass is 330 g/mol. The van der Waals surface area contributed by atoms with Crippen LogP contribution in [-0.2, 0) is 0 Å². The van der Waals surface area contributed by atoms with Gasteiger partial charge in [-0.1, -0.05) is 60.7 Å². The third kappa shape index (κ3) is 2.27. The minimum Gasteiger partial charge on any atom is -0.507 e. The van der Waals surface area contributed by atoms with Crippen LogP contribution in [0.5, 0.6) is 0 Å². The van der Waals surface area contributed by atoms with Crippen LogP contribution < -0.4 is 0 Å². The van der Waals surface area contributed by atoms with E-state index >= 15 is 0 Å². The van der Waals surface area contributed by atoms with Crippen LogP contribution in [0, 0.1) is 0 Å². The van der Waals surface area contributed by atoms with Crippen LogP contribution in [0.2, 0.25) is 0 Å². The minimum absolute atomic E-state index is 0.0724. The molecule has 0 spiro atoms. The van der Waals surface area contributed by atoms with Gasteiger partial charge in [-0.2, -0.15) is 0 Å². The van der Waals surface area contributed by atoms with Crippen LogP contribution >= 0.6 is 0 Å². The van der Waals surface area contributed by atoms with E-state index in [1.54, 1.807) is 48.5 Å². The van der Waals surface area contributed by atoms with Gasteiger partial charge in [0.15, 0.2) is 11.6 Å². The van der Waals surface area contributed by atoms with Crippen LogP contribution in [0.15, 0.2) is 77.9 Å². The van der Waals surface area contributed by atoms with Crippen molar-refractivity contribution in [3.8, 4) is 0 Å². The summed E-state index contributed by atoms with van der Waals surface area (Å²) in [6, 6.07) is 13.7. The molecule has 4 heteroatoms. The number of Topliss-reactive ketones (excluding diaryl/α,β-unsaturated/α-hetero) is 2. The van der Waals surface area contributed by atoms with E-state index in [9.17, 15) is 19.8 Å². The smallest absolute Gasteiger partial charge is 0.197 e. The summed E-state index contributed by atoms with van der Waals surface area (Å²) < 4.78 is 0. The molecular weight excluding hydrogens is 316 g/mol. The number of hydrogen-bond donors (Lipinski definition) is 2. The quantitative estimate of drug-likeness (QED) is 0.826. The van der Waals surface area contributed by atoms with Gasteiger partial charge in [0, 0.05) is 22.3 Å². The van der Waals surface area contributed by atoms with E-state index in [1.807, 2.05) is 0 Å². The van der Waals surface area contributed by atoms with Crippen molar-refractivity contribution < 1.29 is 19.8 Å². The second kappa shape index (κ2) is 5.69. The molecule has 25 heavy (non-hydrogen) atoms. The predicted octanol–water partition coefficient (Wildman–Crippen LogP) is 3.56. The number of hydrogen-bond acceptors (Lipinski definition) is 4. The molecule has 0 radical (unpaired) electrons. The Morgan fingerprint density at radius 2 is 1.48 bits per heavy atom. The van der Waals surface area contributed by atoms with Crippen molar-refractivity contribution in [3.63, 3.8) is 0 Å². The van der Waals surface area contributed by atoms with E-state index in [4.69, 9.17) is 0 Å². The van der Waals surface area contributed by atoms with Gasteiger partial charge in [-0.3, -0.25) is 9.59 Å². The van der Waals surface area contributed by atoms with Gasteiger partial charge in [0.1, 0.15) is 11.9 Å². The van der Waals surface area contributed by atoms with E-state index < -0.39 is 6.10 Å². The average Bonchev–Trinajstić information content (AvgIpc) is 3.03. The van der Waals surface area contributed by atoms with Crippen molar-refractivity contribution in [2.24, 2.45) is 0 Å². The van der Waals surface area contributed by atoms with Gasteiger partial charge in [0.2, 0.25) is 0 Å². The molecule has 1 unspecified atom stereocenters. The number of rotatable bonds is 2. The lowest BCUT2D eigenvalue weighted by atomic mass is 10.1. The van der Waals surface area contributed by atoms with Crippen LogP contribution in [-0.4, -0.2) is 21.8 Å². The fraction of sp³-hybridized carbons (Fsp3) is 0.0476. The Labute approximate surface area is 144 Å². The molecule has 0 aromatic heterocycles. The fourth-order valence-electron chi connectivity index (χ4n) is 3.24. The van der Waals surface area contributed by atoms with Crippen molar-refractivity contribution in [3.05, 3.63) is 100 Å². The summed E-state index contributed by atoms with van der Waals surface area (Å²) in [6.07, 6.45) is 3.49. The number of ketones is 2. The molecule has 2 aromatic rings. The second-order valence-electron chi connectivity index (χ2n) is 5.94. The molecule has 0 saturated carbocycles. The molecule has 0 amide bonds. The lowest BCUT2D eigenvalue weighted by Gasteiger charge is -2.02. The first-order chi connectivity index (χ1) is 12.1. The molecule has 0 fully saturated rings. The van der Waals surface area contributed by atoms with Crippen LogP contribution in [0.3, 0.4) is 0 Å². The molecule has 2 aromatic carbocycles. The Hall–Kier alpha value is -3.24. The predicted molar refractivity (Wildman–Crippen MR) is 93.3 cm³/mol. The summed E-state index contributed by atoms with van der Waals surface area (Å²) in [5, 5.41) is 20.5. The Balaban J connectivity index is 1.65. The van der Waals surface area contributed by atoms with E-state index in [0.29, 0.717) is 22.3 Å². The van der Waals surface area contributed by atoms with E-state index in [0.717, 1.165) is 0 Å². The zero-order valence-corrected chi connectivity index (χ0v) is 13.1. The summed E-state index contributed by atoms with van der Waals surface area (Å²) in [7, 11) is 0. The number of benzene rings is 2. The zero-order valence-electron chi connectivity index (χ0n) is 13.1. The van der Waals surface area contributed by atoms with Crippen LogP contribution in [0.25, 0.3) is 5.76 Å². The molecule has 0 heterocycles. The molecule has 0 saturated heterocycles. The third-order valence-electron chi connectivity index (χ3n) is 4.52. The topological polar surface area (TPSA) is 74.6 Å². The fourth-order valence-corrected chi connectivity index (χ4v) is 3.24. The summed E-state index contributed by atoms with van der Waals surface area (Å²) in [5.74, 6) is -0.562. The second-order valence-corrected chi connectivity index (χ2v) is 5.94.